The summed E-state index contributed by atoms with van der Waals surface area (Å²) in [4.78, 5) is 17.1. The lowest BCUT2D eigenvalue weighted by Gasteiger charge is -2.31. The Bertz CT molecular complexity index is 1490. The van der Waals surface area contributed by atoms with Gasteiger partial charge in [0.05, 0.1) is 33.0 Å². The van der Waals surface area contributed by atoms with Crippen LogP contribution >= 0.6 is 11.3 Å². The van der Waals surface area contributed by atoms with Gasteiger partial charge in [0.25, 0.3) is 0 Å². The van der Waals surface area contributed by atoms with E-state index in [1.165, 1.54) is 34.7 Å². The van der Waals surface area contributed by atoms with E-state index in [2.05, 4.69) is 10.3 Å². The Morgan fingerprint density at radius 3 is 2.36 bits per heavy atom. The number of amides is 1. The number of nitrogens with one attached hydrogen (secondary N) is 1. The number of carbonyl (C=O) groups is 1. The molecule has 10 nitrogen and oxygen atoms in total. The van der Waals surface area contributed by atoms with Crippen LogP contribution in [0.15, 0.2) is 53.4 Å². The number of benzene rings is 2. The predicted octanol–water partition coefficient (Wildman–Crippen LogP) is 2.29. The number of nitrogen functional groups attached to an aromatic ring is 1. The number of aromatic nitrogens is 1. The first-order valence-electron chi connectivity index (χ1n) is 12.5. The van der Waals surface area contributed by atoms with E-state index in [4.69, 9.17) is 5.73 Å². The number of thiazole rings is 1. The maximum atomic E-state index is 13.7. The van der Waals surface area contributed by atoms with Crippen LogP contribution in [-0.2, 0) is 31.1 Å². The molecule has 3 rings (SSSR count). The van der Waals surface area contributed by atoms with Gasteiger partial charge in [-0.15, -0.1) is 0 Å². The number of nitrogens with zero attached hydrogens (tertiary/aromatic N) is 2. The number of hydrogen-bond acceptors (Lipinski definition) is 9. The second kappa shape index (κ2) is 12.7. The molecular weight excluding hydrogens is 561 g/mol. The molecule has 0 aliphatic rings. The number of sulfonamides is 1. The Hall–Kier alpha value is -2.58. The van der Waals surface area contributed by atoms with Crippen LogP contribution in [-0.4, -0.2) is 74.4 Å². The lowest BCUT2D eigenvalue weighted by Crippen LogP contribution is -2.52. The highest BCUT2D eigenvalue weighted by Crippen LogP contribution is 2.28. The minimum Gasteiger partial charge on any atom is -0.390 e. The Morgan fingerprint density at radius 2 is 1.74 bits per heavy atom. The first-order chi connectivity index (χ1) is 18.2. The van der Waals surface area contributed by atoms with Crippen molar-refractivity contribution in [3.8, 4) is 0 Å². The van der Waals surface area contributed by atoms with Crippen molar-refractivity contribution in [2.24, 2.45) is 11.8 Å². The summed E-state index contributed by atoms with van der Waals surface area (Å²) in [6.45, 7) is 5.11. The summed E-state index contributed by atoms with van der Waals surface area (Å²) in [7, 11) is -7.43. The number of hydrogen-bond donors (Lipinski definition) is 3. The number of sulfone groups is 1. The van der Waals surface area contributed by atoms with Crippen molar-refractivity contribution in [3.63, 3.8) is 0 Å². The van der Waals surface area contributed by atoms with E-state index in [0.29, 0.717) is 15.3 Å². The Balaban J connectivity index is 1.90. The smallest absolute Gasteiger partial charge is 0.243 e. The second-order valence-corrected chi connectivity index (χ2v) is 15.4. The molecule has 3 atom stereocenters. The van der Waals surface area contributed by atoms with Gasteiger partial charge in [0.15, 0.2) is 5.13 Å². The summed E-state index contributed by atoms with van der Waals surface area (Å²) in [6, 6.07) is 12.9. The average molecular weight is 597 g/mol. The molecular formula is C26H36N4O6S3. The molecule has 2 aromatic carbocycles. The fourth-order valence-electron chi connectivity index (χ4n) is 4.25. The van der Waals surface area contributed by atoms with Crippen LogP contribution in [0.25, 0.3) is 10.2 Å². The van der Waals surface area contributed by atoms with Crippen molar-refractivity contribution in [1.82, 2.24) is 14.6 Å². The van der Waals surface area contributed by atoms with Gasteiger partial charge in [0.2, 0.25) is 15.9 Å². The van der Waals surface area contributed by atoms with Crippen LogP contribution in [0.1, 0.15) is 26.3 Å². The van der Waals surface area contributed by atoms with Gasteiger partial charge in [0.1, 0.15) is 9.84 Å². The number of anilines is 1. The van der Waals surface area contributed by atoms with Crippen molar-refractivity contribution in [2.45, 2.75) is 44.2 Å². The van der Waals surface area contributed by atoms with Gasteiger partial charge in [-0.2, -0.15) is 4.31 Å². The zero-order valence-electron chi connectivity index (χ0n) is 22.4. The molecule has 0 saturated heterocycles. The third kappa shape index (κ3) is 8.70. The fraction of sp³-hybridized carbons (Fsp3) is 0.462. The largest absolute Gasteiger partial charge is 0.390 e. The zero-order chi connectivity index (χ0) is 29.0. The molecule has 0 saturated carbocycles. The number of rotatable bonds is 13. The number of aliphatic hydroxyl groups is 1. The molecule has 1 aromatic heterocycles. The fourth-order valence-corrected chi connectivity index (χ4v) is 7.81. The molecule has 0 radical (unpaired) electrons. The zero-order valence-corrected chi connectivity index (χ0v) is 24.9. The van der Waals surface area contributed by atoms with Crippen molar-refractivity contribution < 1.29 is 26.7 Å². The van der Waals surface area contributed by atoms with Crippen LogP contribution < -0.4 is 11.1 Å². The Morgan fingerprint density at radius 1 is 1.08 bits per heavy atom. The van der Waals surface area contributed by atoms with Gasteiger partial charge in [-0.05, 0) is 36.1 Å². The number of fused-ring (bicyclic) bond motifs is 1. The molecule has 214 valence electrons. The van der Waals surface area contributed by atoms with E-state index in [9.17, 15) is 26.7 Å². The minimum absolute atomic E-state index is 0.0493. The average Bonchev–Trinajstić information content (AvgIpc) is 3.21. The van der Waals surface area contributed by atoms with E-state index < -0.39 is 43.8 Å². The maximum absolute atomic E-state index is 13.7. The quantitative estimate of drug-likeness (QED) is 0.271. The summed E-state index contributed by atoms with van der Waals surface area (Å²) in [5, 5.41) is 14.4. The van der Waals surface area contributed by atoms with E-state index in [1.54, 1.807) is 6.07 Å². The lowest BCUT2D eigenvalue weighted by atomic mass is 10.00. The monoisotopic (exact) mass is 596 g/mol. The van der Waals surface area contributed by atoms with Gasteiger partial charge < -0.3 is 16.2 Å². The highest BCUT2D eigenvalue weighted by atomic mass is 32.2. The molecule has 1 amide bonds. The molecule has 13 heteroatoms. The lowest BCUT2D eigenvalue weighted by molar-refractivity contribution is -0.125. The van der Waals surface area contributed by atoms with E-state index >= 15 is 0 Å². The van der Waals surface area contributed by atoms with Gasteiger partial charge in [-0.1, -0.05) is 62.4 Å². The van der Waals surface area contributed by atoms with Gasteiger partial charge in [0, 0.05) is 25.3 Å². The molecule has 0 aliphatic carbocycles. The standard InChI is InChI=1S/C26H36N4O6S3/c1-17(2)14-30(39(35,36)20-10-11-21-24(13-20)37-26(27)29-21)15-23(31)22(12-19-8-6-5-7-9-19)28-25(32)18(3)16-38(4,33)34/h5-11,13,17-18,22-23,31H,12,14-16H2,1-4H3,(H2,27,29)(H,28,32). The highest BCUT2D eigenvalue weighted by Gasteiger charge is 2.32. The molecule has 0 spiro atoms. The van der Waals surface area contributed by atoms with Gasteiger partial charge >= 0.3 is 0 Å². The molecule has 4 N–H and O–H groups in total. The first kappa shape index (κ1) is 31.0. The number of carbonyl (C=O) groups excluding carboxylic acids is 1. The summed E-state index contributed by atoms with van der Waals surface area (Å²) < 4.78 is 52.8. The van der Waals surface area contributed by atoms with Gasteiger partial charge in [-0.3, -0.25) is 4.79 Å². The summed E-state index contributed by atoms with van der Waals surface area (Å²) in [5.74, 6) is -1.77. The van der Waals surface area contributed by atoms with Crippen molar-refractivity contribution >= 4 is 52.5 Å². The van der Waals surface area contributed by atoms with Crippen LogP contribution in [0.4, 0.5) is 5.13 Å². The van der Waals surface area contributed by atoms with Crippen molar-refractivity contribution in [1.29, 1.82) is 0 Å². The highest BCUT2D eigenvalue weighted by molar-refractivity contribution is 7.90. The summed E-state index contributed by atoms with van der Waals surface area (Å²) in [6.07, 6.45) is -0.00313. The normalized spacial score (nSPS) is 14.9. The van der Waals surface area contributed by atoms with Gasteiger partial charge in [-0.25, -0.2) is 21.8 Å². The maximum Gasteiger partial charge on any atom is 0.243 e. The molecule has 0 fully saturated rings. The molecule has 0 bridgehead atoms. The molecule has 0 aliphatic heterocycles. The van der Waals surface area contributed by atoms with Crippen molar-refractivity contribution in [3.05, 3.63) is 54.1 Å². The van der Waals surface area contributed by atoms with Crippen LogP contribution in [0.2, 0.25) is 0 Å². The molecule has 3 unspecified atom stereocenters. The van der Waals surface area contributed by atoms with Crippen LogP contribution in [0.5, 0.6) is 0 Å². The van der Waals surface area contributed by atoms with Crippen LogP contribution in [0, 0.1) is 11.8 Å². The minimum atomic E-state index is -4.03. The molecule has 1 heterocycles. The van der Waals surface area contributed by atoms with E-state index in [1.807, 2.05) is 44.2 Å². The Kier molecular flexibility index (Phi) is 10.1. The number of nitrogens with two attached hydrogens (primary N) is 1. The summed E-state index contributed by atoms with van der Waals surface area (Å²) >= 11 is 1.19. The van der Waals surface area contributed by atoms with Crippen molar-refractivity contribution in [2.75, 3.05) is 30.8 Å². The number of aliphatic hydroxyl groups excluding tert-OH is 1. The third-order valence-corrected chi connectivity index (χ3v) is 9.85. The first-order valence-corrected chi connectivity index (χ1v) is 16.8. The molecule has 39 heavy (non-hydrogen) atoms. The predicted molar refractivity (Wildman–Crippen MR) is 155 cm³/mol. The SMILES string of the molecule is CC(C)CN(CC(O)C(Cc1ccccc1)NC(=O)C(C)CS(C)(=O)=O)S(=O)(=O)c1ccc2nc(N)sc2c1. The van der Waals surface area contributed by atoms with E-state index in [0.717, 1.165) is 11.8 Å². The summed E-state index contributed by atoms with van der Waals surface area (Å²) in [5.41, 5.74) is 7.20. The second-order valence-electron chi connectivity index (χ2n) is 10.3. The van der Waals surface area contributed by atoms with Crippen LogP contribution in [0.3, 0.4) is 0 Å². The van der Waals surface area contributed by atoms with E-state index in [-0.39, 0.29) is 36.1 Å². The third-order valence-electron chi connectivity index (χ3n) is 6.06. The molecule has 3 aromatic rings. The Labute approximate surface area is 234 Å². The topological polar surface area (TPSA) is 160 Å².